The maximum atomic E-state index is 11.4. The van der Waals surface area contributed by atoms with Crippen LogP contribution in [0.2, 0.25) is 0 Å². The summed E-state index contributed by atoms with van der Waals surface area (Å²) < 4.78 is 5.19. The van der Waals surface area contributed by atoms with Gasteiger partial charge in [0.25, 0.3) is 0 Å². The lowest BCUT2D eigenvalue weighted by molar-refractivity contribution is -0.140. The fraction of sp³-hybridized carbons (Fsp3) is 0.333. The molecule has 1 aliphatic rings. The van der Waals surface area contributed by atoms with Gasteiger partial charge < -0.3 is 15.2 Å². The largest absolute Gasteiger partial charge is 0.456 e. The Bertz CT molecular complexity index is 507. The Labute approximate surface area is 117 Å². The molecule has 5 heteroatoms. The summed E-state index contributed by atoms with van der Waals surface area (Å²) >= 11 is 0. The molecule has 0 spiro atoms. The maximum absolute atomic E-state index is 11.4. The van der Waals surface area contributed by atoms with Crippen molar-refractivity contribution in [3.8, 4) is 0 Å². The number of aldehydes is 1. The monoisotopic (exact) mass is 275 g/mol. The zero-order chi connectivity index (χ0) is 14.5. The van der Waals surface area contributed by atoms with Gasteiger partial charge in [-0.05, 0) is 37.3 Å². The van der Waals surface area contributed by atoms with E-state index in [1.54, 1.807) is 43.3 Å². The zero-order valence-corrected chi connectivity index (χ0v) is 11.2. The molecular weight excluding hydrogens is 258 g/mol. The van der Waals surface area contributed by atoms with Gasteiger partial charge in [-0.3, -0.25) is 9.59 Å². The molecule has 1 aromatic carbocycles. The number of hydrogen-bond acceptors (Lipinski definition) is 5. The lowest BCUT2D eigenvalue weighted by Gasteiger charge is -2.17. The zero-order valence-electron chi connectivity index (χ0n) is 11.2. The van der Waals surface area contributed by atoms with Crippen molar-refractivity contribution in [2.75, 3.05) is 5.32 Å². The number of aliphatic hydroxyl groups is 1. The van der Waals surface area contributed by atoms with Crippen molar-refractivity contribution < 1.29 is 19.4 Å². The summed E-state index contributed by atoms with van der Waals surface area (Å²) in [6.07, 6.45) is 3.34. The first kappa shape index (κ1) is 14.3. The standard InChI is InChI=1S/C15H17NO4/c1-10(18)2-7-14-13(8-15(19)20-14)16-12-5-3-11(9-17)4-6-12/h2-7,9-10,13-14,16,18H,8H2,1H3/b7-2+/t10-,13+,14+/m0/s1. The summed E-state index contributed by atoms with van der Waals surface area (Å²) in [5, 5.41) is 12.4. The lowest BCUT2D eigenvalue weighted by atomic mass is 10.1. The van der Waals surface area contributed by atoms with Gasteiger partial charge in [-0.2, -0.15) is 0 Å². The van der Waals surface area contributed by atoms with Crippen LogP contribution in [0.25, 0.3) is 0 Å². The van der Waals surface area contributed by atoms with Crippen LogP contribution >= 0.6 is 0 Å². The number of nitrogens with one attached hydrogen (secondary N) is 1. The molecule has 2 N–H and O–H groups in total. The van der Waals surface area contributed by atoms with Crippen LogP contribution in [-0.4, -0.2) is 35.6 Å². The van der Waals surface area contributed by atoms with Crippen LogP contribution in [0.1, 0.15) is 23.7 Å². The number of aliphatic hydroxyl groups excluding tert-OH is 1. The van der Waals surface area contributed by atoms with Crippen LogP contribution in [0.4, 0.5) is 5.69 Å². The number of hydrogen-bond donors (Lipinski definition) is 2. The number of rotatable bonds is 5. The molecule has 0 bridgehead atoms. The Morgan fingerprint density at radius 3 is 2.70 bits per heavy atom. The average Bonchev–Trinajstić information content (AvgIpc) is 2.77. The Morgan fingerprint density at radius 2 is 2.10 bits per heavy atom. The molecule has 0 aromatic heterocycles. The summed E-state index contributed by atoms with van der Waals surface area (Å²) in [6, 6.07) is 6.78. The number of carbonyl (C=O) groups excluding carboxylic acids is 2. The normalized spacial score (nSPS) is 23.6. The van der Waals surface area contributed by atoms with E-state index in [9.17, 15) is 14.7 Å². The molecule has 1 heterocycles. The van der Waals surface area contributed by atoms with E-state index in [-0.39, 0.29) is 18.4 Å². The molecule has 1 fully saturated rings. The number of cyclic esters (lactones) is 1. The number of anilines is 1. The highest BCUT2D eigenvalue weighted by Crippen LogP contribution is 2.21. The van der Waals surface area contributed by atoms with Gasteiger partial charge in [-0.15, -0.1) is 0 Å². The first-order valence-electron chi connectivity index (χ1n) is 6.46. The molecule has 2 rings (SSSR count). The Hall–Kier alpha value is -2.14. The van der Waals surface area contributed by atoms with Gasteiger partial charge >= 0.3 is 5.97 Å². The molecule has 106 valence electrons. The highest BCUT2D eigenvalue weighted by molar-refractivity contribution is 5.76. The van der Waals surface area contributed by atoms with Gasteiger partial charge in [-0.25, -0.2) is 0 Å². The van der Waals surface area contributed by atoms with E-state index in [1.165, 1.54) is 0 Å². The fourth-order valence-electron chi connectivity index (χ4n) is 2.03. The van der Waals surface area contributed by atoms with Gasteiger partial charge in [-0.1, -0.05) is 6.08 Å². The molecule has 20 heavy (non-hydrogen) atoms. The molecule has 5 nitrogen and oxygen atoms in total. The summed E-state index contributed by atoms with van der Waals surface area (Å²) in [5.41, 5.74) is 1.41. The predicted molar refractivity (Wildman–Crippen MR) is 74.6 cm³/mol. The lowest BCUT2D eigenvalue weighted by Crippen LogP contribution is -2.27. The SMILES string of the molecule is C[C@H](O)/C=C/[C@H]1OC(=O)C[C@H]1Nc1ccc(C=O)cc1. The van der Waals surface area contributed by atoms with E-state index in [0.29, 0.717) is 5.56 Å². The van der Waals surface area contributed by atoms with Crippen LogP contribution in [0.15, 0.2) is 36.4 Å². The minimum absolute atomic E-state index is 0.181. The predicted octanol–water partition coefficient (Wildman–Crippen LogP) is 1.53. The van der Waals surface area contributed by atoms with Crippen LogP contribution in [0.5, 0.6) is 0 Å². The molecule has 0 saturated carbocycles. The minimum atomic E-state index is -0.582. The molecule has 0 radical (unpaired) electrons. The van der Waals surface area contributed by atoms with E-state index in [2.05, 4.69) is 5.32 Å². The number of ether oxygens (including phenoxy) is 1. The van der Waals surface area contributed by atoms with Crippen LogP contribution in [0.3, 0.4) is 0 Å². The van der Waals surface area contributed by atoms with E-state index in [4.69, 9.17) is 4.74 Å². The van der Waals surface area contributed by atoms with Crippen molar-refractivity contribution in [3.05, 3.63) is 42.0 Å². The molecule has 0 unspecified atom stereocenters. The number of carbonyl (C=O) groups is 2. The Kier molecular flexibility index (Phi) is 4.53. The highest BCUT2D eigenvalue weighted by Gasteiger charge is 2.32. The average molecular weight is 275 g/mol. The second-order valence-corrected chi connectivity index (χ2v) is 4.77. The second-order valence-electron chi connectivity index (χ2n) is 4.77. The van der Waals surface area contributed by atoms with Gasteiger partial charge in [0, 0.05) is 11.3 Å². The third-order valence-electron chi connectivity index (χ3n) is 3.03. The van der Waals surface area contributed by atoms with Gasteiger partial charge in [0.15, 0.2) is 0 Å². The molecule has 1 aromatic rings. The number of benzene rings is 1. The fourth-order valence-corrected chi connectivity index (χ4v) is 2.03. The maximum Gasteiger partial charge on any atom is 0.308 e. The van der Waals surface area contributed by atoms with Crippen LogP contribution in [-0.2, 0) is 9.53 Å². The molecular formula is C15H17NO4. The molecule has 3 atom stereocenters. The molecule has 1 saturated heterocycles. The van der Waals surface area contributed by atoms with Crippen molar-refractivity contribution in [1.29, 1.82) is 0 Å². The van der Waals surface area contributed by atoms with Crippen LogP contribution < -0.4 is 5.32 Å². The Balaban J connectivity index is 2.05. The Morgan fingerprint density at radius 1 is 1.40 bits per heavy atom. The summed E-state index contributed by atoms with van der Waals surface area (Å²) in [6.45, 7) is 1.63. The van der Waals surface area contributed by atoms with Crippen molar-refractivity contribution in [2.45, 2.75) is 31.6 Å². The van der Waals surface area contributed by atoms with Crippen molar-refractivity contribution in [2.24, 2.45) is 0 Å². The van der Waals surface area contributed by atoms with Gasteiger partial charge in [0.2, 0.25) is 0 Å². The van der Waals surface area contributed by atoms with Crippen molar-refractivity contribution in [3.63, 3.8) is 0 Å². The van der Waals surface area contributed by atoms with Crippen LogP contribution in [0, 0.1) is 0 Å². The molecule has 0 aliphatic carbocycles. The minimum Gasteiger partial charge on any atom is -0.456 e. The van der Waals surface area contributed by atoms with Gasteiger partial charge in [0.05, 0.1) is 18.6 Å². The van der Waals surface area contributed by atoms with Gasteiger partial charge in [0.1, 0.15) is 12.4 Å². The summed E-state index contributed by atoms with van der Waals surface area (Å²) in [7, 11) is 0. The third-order valence-corrected chi connectivity index (χ3v) is 3.03. The van der Waals surface area contributed by atoms with E-state index in [1.807, 2.05) is 0 Å². The first-order valence-corrected chi connectivity index (χ1v) is 6.46. The first-order chi connectivity index (χ1) is 9.58. The smallest absolute Gasteiger partial charge is 0.308 e. The van der Waals surface area contributed by atoms with E-state index in [0.717, 1.165) is 12.0 Å². The quantitative estimate of drug-likeness (QED) is 0.484. The highest BCUT2D eigenvalue weighted by atomic mass is 16.6. The number of esters is 1. The van der Waals surface area contributed by atoms with Crippen molar-refractivity contribution >= 4 is 17.9 Å². The summed E-state index contributed by atoms with van der Waals surface area (Å²) in [5.74, 6) is -0.271. The van der Waals surface area contributed by atoms with E-state index < -0.39 is 12.2 Å². The molecule has 0 amide bonds. The second kappa shape index (κ2) is 6.34. The summed E-state index contributed by atoms with van der Waals surface area (Å²) in [4.78, 5) is 22.0. The third kappa shape index (κ3) is 3.68. The molecule has 1 aliphatic heterocycles. The van der Waals surface area contributed by atoms with Crippen molar-refractivity contribution in [1.82, 2.24) is 0 Å². The topological polar surface area (TPSA) is 75.6 Å². The van der Waals surface area contributed by atoms with E-state index >= 15 is 0 Å².